The van der Waals surface area contributed by atoms with Gasteiger partial charge in [-0.2, -0.15) is 0 Å². The van der Waals surface area contributed by atoms with Crippen LogP contribution >= 0.6 is 22.9 Å². The van der Waals surface area contributed by atoms with E-state index in [0.29, 0.717) is 17.4 Å². The Labute approximate surface area is 116 Å². The molecule has 2 aromatic rings. The van der Waals surface area contributed by atoms with Gasteiger partial charge in [-0.15, -0.1) is 11.3 Å². The largest absolute Gasteiger partial charge is 0.492 e. The molecule has 18 heavy (non-hydrogen) atoms. The molecule has 0 aliphatic rings. The van der Waals surface area contributed by atoms with E-state index in [0.717, 1.165) is 6.42 Å². The first kappa shape index (κ1) is 13.4. The minimum Gasteiger partial charge on any atom is -0.492 e. The Hall–Kier alpha value is -1.03. The molecule has 0 aliphatic heterocycles. The highest BCUT2D eigenvalue weighted by Gasteiger charge is 2.11. The minimum absolute atomic E-state index is 0.0972. The first-order valence-corrected chi connectivity index (χ1v) is 7.06. The molecule has 1 unspecified atom stereocenters. The lowest BCUT2D eigenvalue weighted by Crippen LogP contribution is -2.18. The summed E-state index contributed by atoms with van der Waals surface area (Å²) in [6, 6.07) is 11.5. The van der Waals surface area contributed by atoms with Crippen molar-refractivity contribution in [3.8, 4) is 5.75 Å². The van der Waals surface area contributed by atoms with E-state index in [1.807, 2.05) is 29.6 Å². The first-order chi connectivity index (χ1) is 8.79. The van der Waals surface area contributed by atoms with Gasteiger partial charge in [-0.1, -0.05) is 29.8 Å². The van der Waals surface area contributed by atoms with E-state index in [1.165, 1.54) is 4.88 Å². The van der Waals surface area contributed by atoms with Gasteiger partial charge in [-0.3, -0.25) is 0 Å². The summed E-state index contributed by atoms with van der Waals surface area (Å²) in [5.41, 5.74) is 0. The third-order valence-electron chi connectivity index (χ3n) is 2.64. The molecule has 1 N–H and O–H groups in total. The lowest BCUT2D eigenvalue weighted by atomic mass is 10.1. The second kappa shape index (κ2) is 6.78. The Morgan fingerprint density at radius 3 is 2.72 bits per heavy atom. The molecule has 0 fully saturated rings. The summed E-state index contributed by atoms with van der Waals surface area (Å²) in [6.07, 6.45) is 0.832. The molecule has 1 heterocycles. The van der Waals surface area contributed by atoms with Gasteiger partial charge in [-0.25, -0.2) is 0 Å². The van der Waals surface area contributed by atoms with Crippen LogP contribution in [0.3, 0.4) is 0 Å². The number of rotatable bonds is 6. The molecule has 1 atom stereocenters. The van der Waals surface area contributed by atoms with Crippen LogP contribution in [-0.2, 0) is 6.42 Å². The maximum absolute atomic E-state index is 9.36. The highest BCUT2D eigenvalue weighted by Crippen LogP contribution is 2.24. The summed E-state index contributed by atoms with van der Waals surface area (Å²) < 4.78 is 5.65. The van der Waals surface area contributed by atoms with Crippen LogP contribution < -0.4 is 4.74 Å². The predicted molar refractivity (Wildman–Crippen MR) is 75.5 cm³/mol. The molecule has 0 saturated carbocycles. The van der Waals surface area contributed by atoms with Crippen LogP contribution in [0.1, 0.15) is 4.88 Å². The van der Waals surface area contributed by atoms with Crippen molar-refractivity contribution in [2.24, 2.45) is 5.92 Å². The van der Waals surface area contributed by atoms with Crippen LogP contribution in [-0.4, -0.2) is 18.3 Å². The van der Waals surface area contributed by atoms with Crippen LogP contribution in [0.25, 0.3) is 0 Å². The molecule has 0 radical (unpaired) electrons. The van der Waals surface area contributed by atoms with Gasteiger partial charge in [0.2, 0.25) is 0 Å². The Morgan fingerprint density at radius 1 is 1.22 bits per heavy atom. The molecule has 0 bridgehead atoms. The number of aliphatic hydroxyl groups is 1. The number of thiophene rings is 1. The average molecular weight is 283 g/mol. The minimum atomic E-state index is 0.0972. The SMILES string of the molecule is OCC(COc1ccccc1Cl)Cc1cccs1. The lowest BCUT2D eigenvalue weighted by molar-refractivity contribution is 0.163. The molecule has 0 aliphatic carbocycles. The van der Waals surface area contributed by atoms with Gasteiger partial charge in [0.25, 0.3) is 0 Å². The van der Waals surface area contributed by atoms with Gasteiger partial charge >= 0.3 is 0 Å². The van der Waals surface area contributed by atoms with Gasteiger partial charge < -0.3 is 9.84 Å². The van der Waals surface area contributed by atoms with Crippen molar-refractivity contribution in [2.75, 3.05) is 13.2 Å². The van der Waals surface area contributed by atoms with Gasteiger partial charge in [-0.05, 0) is 30.0 Å². The van der Waals surface area contributed by atoms with E-state index in [9.17, 15) is 5.11 Å². The van der Waals surface area contributed by atoms with Crippen molar-refractivity contribution in [3.05, 3.63) is 51.7 Å². The van der Waals surface area contributed by atoms with Crippen molar-refractivity contribution in [3.63, 3.8) is 0 Å². The molecule has 2 nitrogen and oxygen atoms in total. The lowest BCUT2D eigenvalue weighted by Gasteiger charge is -2.15. The van der Waals surface area contributed by atoms with Crippen LogP contribution in [0.2, 0.25) is 5.02 Å². The fraction of sp³-hybridized carbons (Fsp3) is 0.286. The Bertz CT molecular complexity index is 470. The summed E-state index contributed by atoms with van der Waals surface area (Å²) in [5, 5.41) is 12.0. The second-order valence-corrected chi connectivity index (χ2v) is 5.51. The fourth-order valence-electron chi connectivity index (χ4n) is 1.66. The molecule has 0 amide bonds. The van der Waals surface area contributed by atoms with E-state index in [-0.39, 0.29) is 12.5 Å². The number of aliphatic hydroxyl groups excluding tert-OH is 1. The van der Waals surface area contributed by atoms with Crippen LogP contribution in [0.4, 0.5) is 0 Å². The van der Waals surface area contributed by atoms with Gasteiger partial charge in [0.15, 0.2) is 0 Å². The molecule has 0 spiro atoms. The van der Waals surface area contributed by atoms with Gasteiger partial charge in [0.1, 0.15) is 5.75 Å². The molecule has 0 saturated heterocycles. The first-order valence-electron chi connectivity index (χ1n) is 5.80. The van der Waals surface area contributed by atoms with Crippen molar-refractivity contribution in [1.82, 2.24) is 0 Å². The summed E-state index contributed by atoms with van der Waals surface area (Å²) in [4.78, 5) is 1.26. The van der Waals surface area contributed by atoms with E-state index in [1.54, 1.807) is 17.4 Å². The molecule has 96 valence electrons. The predicted octanol–water partition coefficient (Wildman–Crippen LogP) is 3.63. The van der Waals surface area contributed by atoms with Crippen molar-refractivity contribution < 1.29 is 9.84 Å². The third-order valence-corrected chi connectivity index (χ3v) is 3.85. The smallest absolute Gasteiger partial charge is 0.137 e. The van der Waals surface area contributed by atoms with Gasteiger partial charge in [0, 0.05) is 17.4 Å². The Kier molecular flexibility index (Phi) is 5.05. The molecule has 1 aromatic carbocycles. The fourth-order valence-corrected chi connectivity index (χ4v) is 2.67. The monoisotopic (exact) mass is 282 g/mol. The third kappa shape index (κ3) is 3.73. The van der Waals surface area contributed by atoms with E-state index >= 15 is 0 Å². The molecular formula is C14H15ClO2S. The molecular weight excluding hydrogens is 268 g/mol. The summed E-state index contributed by atoms with van der Waals surface area (Å²) in [5.74, 6) is 0.767. The standard InChI is InChI=1S/C14H15ClO2S/c15-13-5-1-2-6-14(13)17-10-11(9-16)8-12-4-3-7-18-12/h1-7,11,16H,8-10H2. The van der Waals surface area contributed by atoms with Crippen molar-refractivity contribution >= 4 is 22.9 Å². The van der Waals surface area contributed by atoms with Gasteiger partial charge in [0.05, 0.1) is 11.6 Å². The molecule has 4 heteroatoms. The number of hydrogen-bond acceptors (Lipinski definition) is 3. The van der Waals surface area contributed by atoms with E-state index in [2.05, 4.69) is 6.07 Å². The topological polar surface area (TPSA) is 29.5 Å². The summed E-state index contributed by atoms with van der Waals surface area (Å²) >= 11 is 7.71. The zero-order valence-electron chi connectivity index (χ0n) is 9.88. The van der Waals surface area contributed by atoms with E-state index in [4.69, 9.17) is 16.3 Å². The average Bonchev–Trinajstić information content (AvgIpc) is 2.89. The van der Waals surface area contributed by atoms with Crippen molar-refractivity contribution in [2.45, 2.75) is 6.42 Å². The number of halogens is 1. The number of benzene rings is 1. The highest BCUT2D eigenvalue weighted by atomic mass is 35.5. The van der Waals surface area contributed by atoms with E-state index < -0.39 is 0 Å². The Balaban J connectivity index is 1.89. The maximum Gasteiger partial charge on any atom is 0.137 e. The van der Waals surface area contributed by atoms with Crippen molar-refractivity contribution in [1.29, 1.82) is 0 Å². The van der Waals surface area contributed by atoms with Crippen LogP contribution in [0.15, 0.2) is 41.8 Å². The van der Waals surface area contributed by atoms with Crippen LogP contribution in [0, 0.1) is 5.92 Å². The maximum atomic E-state index is 9.36. The number of hydrogen-bond donors (Lipinski definition) is 1. The van der Waals surface area contributed by atoms with Crippen LogP contribution in [0.5, 0.6) is 5.75 Å². The second-order valence-electron chi connectivity index (χ2n) is 4.07. The Morgan fingerprint density at radius 2 is 2.06 bits per heavy atom. The highest BCUT2D eigenvalue weighted by molar-refractivity contribution is 7.09. The normalized spacial score (nSPS) is 12.3. The zero-order valence-corrected chi connectivity index (χ0v) is 11.5. The quantitative estimate of drug-likeness (QED) is 0.877. The molecule has 2 rings (SSSR count). The summed E-state index contributed by atoms with van der Waals surface area (Å²) in [6.45, 7) is 0.584. The zero-order chi connectivity index (χ0) is 12.8. The summed E-state index contributed by atoms with van der Waals surface area (Å²) in [7, 11) is 0. The molecule has 1 aromatic heterocycles. The number of para-hydroxylation sites is 1. The number of ether oxygens (including phenoxy) is 1.